The molecule has 0 aliphatic carbocycles. The maximum atomic E-state index is 9.87. The quantitative estimate of drug-likeness (QED) is 0.555. The Kier molecular flexibility index (Phi) is 5.78. The fourth-order valence-corrected chi connectivity index (χ4v) is 4.25. The summed E-state index contributed by atoms with van der Waals surface area (Å²) in [5.74, 6) is 0.918. The highest BCUT2D eigenvalue weighted by Gasteiger charge is 2.37. The predicted molar refractivity (Wildman–Crippen MR) is 119 cm³/mol. The normalized spacial score (nSPS) is 14.9. The van der Waals surface area contributed by atoms with Crippen LogP contribution < -0.4 is 24.7 Å². The molecule has 4 rings (SSSR count). The summed E-state index contributed by atoms with van der Waals surface area (Å²) in [6, 6.07) is 10.7. The van der Waals surface area contributed by atoms with Gasteiger partial charge in [-0.15, -0.1) is 5.10 Å². The molecule has 0 radical (unpaired) electrons. The molecule has 0 bridgehead atoms. The zero-order valence-electron chi connectivity index (χ0n) is 17.3. The van der Waals surface area contributed by atoms with E-state index < -0.39 is 5.92 Å². The molecule has 3 N–H and O–H groups in total. The van der Waals surface area contributed by atoms with Crippen LogP contribution in [0.15, 0.2) is 41.8 Å². The zero-order chi connectivity index (χ0) is 23.0. The van der Waals surface area contributed by atoms with Gasteiger partial charge in [-0.2, -0.15) is 5.26 Å². The molecule has 0 fully saturated rings. The van der Waals surface area contributed by atoms with Gasteiger partial charge in [0.2, 0.25) is 17.5 Å². The summed E-state index contributed by atoms with van der Waals surface area (Å²) in [7, 11) is 4.58. The first kappa shape index (κ1) is 21.7. The molecule has 32 heavy (non-hydrogen) atoms. The number of aromatic amines is 1. The van der Waals surface area contributed by atoms with Crippen LogP contribution in [-0.2, 0) is 0 Å². The monoisotopic (exact) mass is 472 g/mol. The first-order chi connectivity index (χ1) is 15.4. The second kappa shape index (κ2) is 8.54. The van der Waals surface area contributed by atoms with Gasteiger partial charge in [-0.3, -0.25) is 5.10 Å². The van der Waals surface area contributed by atoms with Gasteiger partial charge >= 0.3 is 0 Å². The highest BCUT2D eigenvalue weighted by atomic mass is 35.5. The number of hydrogen-bond donors (Lipinski definition) is 2. The molecule has 10 heteroatoms. The number of halogens is 2. The number of benzene rings is 2. The molecule has 8 nitrogen and oxygen atoms in total. The number of aromatic nitrogens is 2. The summed E-state index contributed by atoms with van der Waals surface area (Å²) in [6.07, 6.45) is 0. The molecule has 2 aromatic carbocycles. The minimum Gasteiger partial charge on any atom is -0.493 e. The number of H-pyrrole nitrogens is 1. The number of nitriles is 1. The van der Waals surface area contributed by atoms with E-state index in [2.05, 4.69) is 16.3 Å². The van der Waals surface area contributed by atoms with Gasteiger partial charge < -0.3 is 24.7 Å². The van der Waals surface area contributed by atoms with E-state index in [4.69, 9.17) is 47.9 Å². The molecule has 2 heterocycles. The van der Waals surface area contributed by atoms with E-state index in [1.54, 1.807) is 30.3 Å². The van der Waals surface area contributed by atoms with Crippen LogP contribution in [0.25, 0.3) is 11.3 Å². The van der Waals surface area contributed by atoms with Crippen molar-refractivity contribution < 1.29 is 18.9 Å². The number of ether oxygens (including phenoxy) is 4. The highest BCUT2D eigenvalue weighted by Crippen LogP contribution is 2.49. The summed E-state index contributed by atoms with van der Waals surface area (Å²) in [4.78, 5) is 0. The average Bonchev–Trinajstić information content (AvgIpc) is 3.20. The van der Waals surface area contributed by atoms with Crippen LogP contribution in [-0.4, -0.2) is 31.5 Å². The molecule has 1 atom stereocenters. The number of rotatable bonds is 5. The van der Waals surface area contributed by atoms with E-state index in [0.29, 0.717) is 49.7 Å². The summed E-state index contributed by atoms with van der Waals surface area (Å²) < 4.78 is 22.0. The van der Waals surface area contributed by atoms with E-state index in [-0.39, 0.29) is 17.3 Å². The van der Waals surface area contributed by atoms with Gasteiger partial charge in [-0.1, -0.05) is 29.3 Å². The molecule has 164 valence electrons. The van der Waals surface area contributed by atoms with Crippen LogP contribution in [0.4, 0.5) is 0 Å². The number of nitrogens with two attached hydrogens (primary N) is 1. The van der Waals surface area contributed by atoms with E-state index in [0.717, 1.165) is 0 Å². The second-order valence-electron chi connectivity index (χ2n) is 6.82. The van der Waals surface area contributed by atoms with Crippen molar-refractivity contribution >= 4 is 23.2 Å². The number of hydrogen-bond acceptors (Lipinski definition) is 7. The highest BCUT2D eigenvalue weighted by molar-refractivity contribution is 6.35. The lowest BCUT2D eigenvalue weighted by Crippen LogP contribution is -2.21. The number of nitrogens with one attached hydrogen (secondary N) is 1. The summed E-state index contributed by atoms with van der Waals surface area (Å²) >= 11 is 12.6. The second-order valence-corrected chi connectivity index (χ2v) is 7.67. The van der Waals surface area contributed by atoms with Crippen molar-refractivity contribution in [3.8, 4) is 40.5 Å². The van der Waals surface area contributed by atoms with Crippen molar-refractivity contribution in [2.75, 3.05) is 21.3 Å². The smallest absolute Gasteiger partial charge is 0.244 e. The summed E-state index contributed by atoms with van der Waals surface area (Å²) in [5, 5.41) is 18.0. The summed E-state index contributed by atoms with van der Waals surface area (Å²) in [5.41, 5.74) is 8.73. The topological polar surface area (TPSA) is 115 Å². The molecule has 1 aliphatic heterocycles. The van der Waals surface area contributed by atoms with Crippen LogP contribution in [0.2, 0.25) is 10.0 Å². The maximum absolute atomic E-state index is 9.87. The van der Waals surface area contributed by atoms with Crippen LogP contribution in [0.3, 0.4) is 0 Å². The molecule has 3 aromatic rings. The van der Waals surface area contributed by atoms with Crippen molar-refractivity contribution in [3.05, 3.63) is 63.0 Å². The van der Waals surface area contributed by atoms with Crippen molar-refractivity contribution in [1.82, 2.24) is 10.2 Å². The number of fused-ring (bicyclic) bond motifs is 1. The molecule has 0 amide bonds. The number of allylic oxidation sites excluding steroid dienone is 1. The van der Waals surface area contributed by atoms with Crippen LogP contribution >= 0.6 is 23.2 Å². The largest absolute Gasteiger partial charge is 0.493 e. The fourth-order valence-electron chi connectivity index (χ4n) is 3.74. The lowest BCUT2D eigenvalue weighted by atomic mass is 9.83. The van der Waals surface area contributed by atoms with Gasteiger partial charge in [-0.25, -0.2) is 0 Å². The van der Waals surface area contributed by atoms with E-state index in [1.807, 2.05) is 0 Å². The van der Waals surface area contributed by atoms with Crippen molar-refractivity contribution in [3.63, 3.8) is 0 Å². The lowest BCUT2D eigenvalue weighted by molar-refractivity contribution is 0.324. The average molecular weight is 473 g/mol. The maximum Gasteiger partial charge on any atom is 0.244 e. The molecule has 0 saturated carbocycles. The molecule has 0 saturated heterocycles. The van der Waals surface area contributed by atoms with Crippen LogP contribution in [0, 0.1) is 11.3 Å². The zero-order valence-corrected chi connectivity index (χ0v) is 18.8. The van der Waals surface area contributed by atoms with Gasteiger partial charge in [0.05, 0.1) is 38.5 Å². The minimum absolute atomic E-state index is 0.0426. The Morgan fingerprint density at radius 2 is 1.78 bits per heavy atom. The molecule has 0 spiro atoms. The lowest BCUT2D eigenvalue weighted by Gasteiger charge is -2.25. The van der Waals surface area contributed by atoms with Crippen LogP contribution in [0.1, 0.15) is 17.0 Å². The Morgan fingerprint density at radius 3 is 2.34 bits per heavy atom. The Labute approximate surface area is 194 Å². The van der Waals surface area contributed by atoms with E-state index in [1.165, 1.54) is 21.3 Å². The Balaban J connectivity index is 1.98. The molecule has 1 aromatic heterocycles. The van der Waals surface area contributed by atoms with Gasteiger partial charge in [0, 0.05) is 15.6 Å². The SMILES string of the molecule is COc1cc(-c2[nH]nc3c2C(c2ccc(Cl)cc2Cl)C(C#N)=C(N)O3)cc(OC)c1OC. The van der Waals surface area contributed by atoms with Crippen molar-refractivity contribution in [2.24, 2.45) is 5.73 Å². The third-order valence-corrected chi connectivity index (χ3v) is 5.73. The van der Waals surface area contributed by atoms with Gasteiger partial charge in [-0.05, 0) is 29.8 Å². The number of methoxy groups -OCH3 is 3. The van der Waals surface area contributed by atoms with Crippen molar-refractivity contribution in [2.45, 2.75) is 5.92 Å². The van der Waals surface area contributed by atoms with Crippen LogP contribution in [0.5, 0.6) is 23.1 Å². The first-order valence-electron chi connectivity index (χ1n) is 9.34. The third kappa shape index (κ3) is 3.45. The molecule has 1 unspecified atom stereocenters. The minimum atomic E-state index is -0.638. The predicted octanol–water partition coefficient (Wildman–Crippen LogP) is 4.63. The van der Waals surface area contributed by atoms with Gasteiger partial charge in [0.25, 0.3) is 0 Å². The Bertz CT molecular complexity index is 1250. The Hall–Kier alpha value is -3.54. The van der Waals surface area contributed by atoms with E-state index in [9.17, 15) is 5.26 Å². The number of nitrogens with zero attached hydrogens (tertiary/aromatic N) is 2. The van der Waals surface area contributed by atoms with Gasteiger partial charge in [0.15, 0.2) is 11.5 Å². The standard InChI is InChI=1S/C22H18Cl2N4O4/c1-29-15-6-10(7-16(30-2)20(15)31-3)19-18-17(12-5-4-11(23)8-14(12)24)13(9-25)21(26)32-22(18)28-27-19/h4-8,17H,26H2,1-3H3,(H,27,28). The first-order valence-corrected chi connectivity index (χ1v) is 10.1. The fraction of sp³-hybridized carbons (Fsp3) is 0.182. The Morgan fingerprint density at radius 1 is 1.09 bits per heavy atom. The van der Waals surface area contributed by atoms with Crippen molar-refractivity contribution in [1.29, 1.82) is 5.26 Å². The molecular formula is C22H18Cl2N4O4. The van der Waals surface area contributed by atoms with Gasteiger partial charge in [0.1, 0.15) is 11.6 Å². The summed E-state index contributed by atoms with van der Waals surface area (Å²) in [6.45, 7) is 0. The molecular weight excluding hydrogens is 455 g/mol. The van der Waals surface area contributed by atoms with E-state index >= 15 is 0 Å². The molecule has 1 aliphatic rings. The third-order valence-electron chi connectivity index (χ3n) is 5.17.